The second-order valence-electron chi connectivity index (χ2n) is 8.96. The smallest absolute Gasteiger partial charge is 0.225 e. The van der Waals surface area contributed by atoms with Gasteiger partial charge in [-0.05, 0) is 90.6 Å². The number of carbonyl (C=O) groups is 1. The van der Waals surface area contributed by atoms with Crippen LogP contribution in [0.15, 0.2) is 0 Å². The fourth-order valence-electron chi connectivity index (χ4n) is 4.82. The van der Waals surface area contributed by atoms with Crippen molar-refractivity contribution in [1.82, 2.24) is 9.80 Å². The summed E-state index contributed by atoms with van der Waals surface area (Å²) in [5.41, 5.74) is 0.869. The van der Waals surface area contributed by atoms with E-state index in [9.17, 15) is 4.79 Å². The van der Waals surface area contributed by atoms with Gasteiger partial charge in [0.05, 0.1) is 0 Å². The van der Waals surface area contributed by atoms with E-state index in [4.69, 9.17) is 0 Å². The van der Waals surface area contributed by atoms with Crippen molar-refractivity contribution in [3.63, 3.8) is 0 Å². The molecule has 1 saturated carbocycles. The van der Waals surface area contributed by atoms with Gasteiger partial charge in [0.15, 0.2) is 0 Å². The van der Waals surface area contributed by atoms with Gasteiger partial charge in [-0.3, -0.25) is 9.69 Å². The minimum absolute atomic E-state index is 0.310. The lowest BCUT2D eigenvalue weighted by Crippen LogP contribution is -2.50. The van der Waals surface area contributed by atoms with Crippen LogP contribution in [-0.2, 0) is 4.79 Å². The van der Waals surface area contributed by atoms with Gasteiger partial charge in [0.1, 0.15) is 0 Å². The minimum Gasteiger partial charge on any atom is -0.342 e. The Kier molecular flexibility index (Phi) is 4.55. The van der Waals surface area contributed by atoms with Crippen molar-refractivity contribution >= 4 is 5.91 Å². The van der Waals surface area contributed by atoms with Crippen molar-refractivity contribution in [3.8, 4) is 0 Å². The molecule has 0 unspecified atom stereocenters. The minimum atomic E-state index is 0.310. The molecular weight excluding hydrogens is 272 g/mol. The highest BCUT2D eigenvalue weighted by molar-refractivity contribution is 5.79. The fraction of sp³-hybridized carbons (Fsp3) is 0.947. The first-order valence-electron chi connectivity index (χ1n) is 9.44. The fourth-order valence-corrected chi connectivity index (χ4v) is 4.82. The lowest BCUT2D eigenvalue weighted by atomic mass is 9.65. The molecule has 3 fully saturated rings. The Hall–Kier alpha value is -0.570. The molecule has 0 bridgehead atoms. The summed E-state index contributed by atoms with van der Waals surface area (Å²) in [6.07, 6.45) is 9.97. The van der Waals surface area contributed by atoms with E-state index in [2.05, 4.69) is 30.6 Å². The Morgan fingerprint density at radius 3 is 1.95 bits per heavy atom. The number of piperidine rings is 1. The molecule has 3 aliphatic rings. The molecule has 0 aromatic heterocycles. The number of rotatable bonds is 1. The summed E-state index contributed by atoms with van der Waals surface area (Å²) in [6, 6.07) is 0. The highest BCUT2D eigenvalue weighted by Crippen LogP contribution is 2.47. The van der Waals surface area contributed by atoms with Gasteiger partial charge in [-0.1, -0.05) is 0 Å². The van der Waals surface area contributed by atoms with Crippen LogP contribution in [0, 0.1) is 11.3 Å². The molecule has 0 aromatic rings. The first-order valence-corrected chi connectivity index (χ1v) is 9.44. The highest BCUT2D eigenvalue weighted by atomic mass is 16.2. The third-order valence-corrected chi connectivity index (χ3v) is 6.59. The van der Waals surface area contributed by atoms with Crippen LogP contribution in [-0.4, -0.2) is 47.4 Å². The van der Waals surface area contributed by atoms with Crippen LogP contribution >= 0.6 is 0 Å². The average Bonchev–Trinajstić information content (AvgIpc) is 3.01. The number of hydrogen-bond donors (Lipinski definition) is 0. The second-order valence-corrected chi connectivity index (χ2v) is 8.96. The molecule has 1 aliphatic carbocycles. The molecule has 0 aromatic carbocycles. The van der Waals surface area contributed by atoms with Crippen molar-refractivity contribution in [2.45, 2.75) is 77.7 Å². The molecule has 22 heavy (non-hydrogen) atoms. The summed E-state index contributed by atoms with van der Waals surface area (Å²) in [5, 5.41) is 0. The number of amides is 1. The van der Waals surface area contributed by atoms with Crippen LogP contribution < -0.4 is 0 Å². The molecule has 0 N–H and O–H groups in total. The molecule has 0 atom stereocenters. The van der Waals surface area contributed by atoms with E-state index in [1.807, 2.05) is 0 Å². The summed E-state index contributed by atoms with van der Waals surface area (Å²) in [7, 11) is 0. The van der Waals surface area contributed by atoms with Crippen molar-refractivity contribution in [3.05, 3.63) is 0 Å². The first kappa shape index (κ1) is 16.3. The van der Waals surface area contributed by atoms with E-state index < -0.39 is 0 Å². The van der Waals surface area contributed by atoms with Gasteiger partial charge in [-0.25, -0.2) is 0 Å². The van der Waals surface area contributed by atoms with E-state index in [1.165, 1.54) is 51.6 Å². The van der Waals surface area contributed by atoms with Gasteiger partial charge < -0.3 is 4.90 Å². The summed E-state index contributed by atoms with van der Waals surface area (Å²) < 4.78 is 0. The van der Waals surface area contributed by atoms with Gasteiger partial charge in [0.25, 0.3) is 0 Å². The summed E-state index contributed by atoms with van der Waals surface area (Å²) in [4.78, 5) is 17.3. The van der Waals surface area contributed by atoms with Crippen molar-refractivity contribution in [2.75, 3.05) is 26.2 Å². The maximum atomic E-state index is 12.6. The Balaban J connectivity index is 1.50. The van der Waals surface area contributed by atoms with E-state index in [-0.39, 0.29) is 0 Å². The number of hydrogen-bond acceptors (Lipinski definition) is 2. The average molecular weight is 306 g/mol. The lowest BCUT2D eigenvalue weighted by molar-refractivity contribution is -0.136. The largest absolute Gasteiger partial charge is 0.342 e. The third-order valence-electron chi connectivity index (χ3n) is 6.59. The van der Waals surface area contributed by atoms with Gasteiger partial charge in [0.2, 0.25) is 5.91 Å². The van der Waals surface area contributed by atoms with Crippen LogP contribution in [0.1, 0.15) is 72.1 Å². The summed E-state index contributed by atoms with van der Waals surface area (Å²) in [6.45, 7) is 11.5. The van der Waals surface area contributed by atoms with E-state index in [0.717, 1.165) is 25.9 Å². The zero-order chi connectivity index (χ0) is 15.8. The lowest BCUT2D eigenvalue weighted by Gasteiger charge is -2.49. The maximum Gasteiger partial charge on any atom is 0.225 e. The Bertz CT molecular complexity index is 388. The van der Waals surface area contributed by atoms with Gasteiger partial charge in [-0.2, -0.15) is 0 Å². The second kappa shape index (κ2) is 6.14. The van der Waals surface area contributed by atoms with Crippen LogP contribution in [0.3, 0.4) is 0 Å². The third kappa shape index (κ3) is 3.34. The molecule has 2 saturated heterocycles. The number of likely N-dealkylation sites (tertiary alicyclic amines) is 2. The first-order chi connectivity index (χ1) is 10.4. The van der Waals surface area contributed by atoms with Gasteiger partial charge in [0, 0.05) is 24.5 Å². The standard InChI is InChI=1S/C19H34N2O/c1-18(2,3)21-14-10-19(11-15-21)8-6-16(7-9-19)17(22)20-12-4-5-13-20/h16H,4-15H2,1-3H3. The van der Waals surface area contributed by atoms with Gasteiger partial charge >= 0.3 is 0 Å². The van der Waals surface area contributed by atoms with Gasteiger partial charge in [-0.15, -0.1) is 0 Å². The van der Waals surface area contributed by atoms with Crippen LogP contribution in [0.4, 0.5) is 0 Å². The molecule has 1 amide bonds. The Labute approximate surface area is 136 Å². The molecule has 3 rings (SSSR count). The van der Waals surface area contributed by atoms with E-state index >= 15 is 0 Å². The highest BCUT2D eigenvalue weighted by Gasteiger charge is 2.41. The number of nitrogens with zero attached hydrogens (tertiary/aromatic N) is 2. The van der Waals surface area contributed by atoms with Crippen molar-refractivity contribution < 1.29 is 4.79 Å². The Morgan fingerprint density at radius 1 is 0.909 bits per heavy atom. The normalized spacial score (nSPS) is 27.5. The number of carbonyl (C=O) groups excluding carboxylic acids is 1. The van der Waals surface area contributed by atoms with E-state index in [0.29, 0.717) is 22.8 Å². The summed E-state index contributed by atoms with van der Waals surface area (Å²) in [5.74, 6) is 0.809. The van der Waals surface area contributed by atoms with Crippen LogP contribution in [0.2, 0.25) is 0 Å². The zero-order valence-electron chi connectivity index (χ0n) is 14.9. The Morgan fingerprint density at radius 2 is 1.45 bits per heavy atom. The topological polar surface area (TPSA) is 23.6 Å². The SMILES string of the molecule is CC(C)(C)N1CCC2(CCC(C(=O)N3CCCC3)CC2)CC1. The molecule has 3 heteroatoms. The predicted octanol–water partition coefficient (Wildman–Crippen LogP) is 3.68. The van der Waals surface area contributed by atoms with Crippen molar-refractivity contribution in [2.24, 2.45) is 11.3 Å². The molecule has 3 nitrogen and oxygen atoms in total. The molecule has 0 radical (unpaired) electrons. The van der Waals surface area contributed by atoms with E-state index in [1.54, 1.807) is 0 Å². The molecular formula is C19H34N2O. The maximum absolute atomic E-state index is 12.6. The quantitative estimate of drug-likeness (QED) is 0.738. The van der Waals surface area contributed by atoms with Crippen LogP contribution in [0.5, 0.6) is 0 Å². The monoisotopic (exact) mass is 306 g/mol. The van der Waals surface area contributed by atoms with Crippen molar-refractivity contribution in [1.29, 1.82) is 0 Å². The van der Waals surface area contributed by atoms with Crippen LogP contribution in [0.25, 0.3) is 0 Å². The zero-order valence-corrected chi connectivity index (χ0v) is 14.9. The predicted molar refractivity (Wildman–Crippen MR) is 90.8 cm³/mol. The molecule has 2 heterocycles. The molecule has 2 aliphatic heterocycles. The molecule has 1 spiro atoms. The summed E-state index contributed by atoms with van der Waals surface area (Å²) >= 11 is 0. The molecule has 126 valence electrons.